The quantitative estimate of drug-likeness (QED) is 0.397. The molecule has 0 aliphatic rings. The highest BCUT2D eigenvalue weighted by Gasteiger charge is 2.31. The van der Waals surface area contributed by atoms with Gasteiger partial charge in [-0.25, -0.2) is 14.2 Å². The molecule has 0 saturated carbocycles. The van der Waals surface area contributed by atoms with Gasteiger partial charge in [0.15, 0.2) is 5.65 Å². The maximum absolute atomic E-state index is 13.8. The molecule has 2 aromatic carbocycles. The number of nitrogens with zero attached hydrogens (tertiary/aromatic N) is 3. The van der Waals surface area contributed by atoms with Crippen LogP contribution < -0.4 is 10.6 Å². The molecule has 2 amide bonds. The number of pyridine rings is 1. The lowest BCUT2D eigenvalue weighted by molar-refractivity contribution is -0.137. The maximum atomic E-state index is 13.8. The van der Waals surface area contributed by atoms with Gasteiger partial charge in [-0.05, 0) is 54.4 Å². The lowest BCUT2D eigenvalue weighted by Crippen LogP contribution is -2.20. The van der Waals surface area contributed by atoms with Crippen molar-refractivity contribution in [2.24, 2.45) is 7.05 Å². The van der Waals surface area contributed by atoms with E-state index in [1.165, 1.54) is 0 Å². The van der Waals surface area contributed by atoms with Crippen molar-refractivity contribution < 1.29 is 22.4 Å². The van der Waals surface area contributed by atoms with Crippen molar-refractivity contribution in [1.82, 2.24) is 14.8 Å². The van der Waals surface area contributed by atoms with Crippen molar-refractivity contribution in [1.29, 1.82) is 0 Å². The molecule has 2 heterocycles. The average molecular weight is 443 g/mol. The van der Waals surface area contributed by atoms with E-state index >= 15 is 0 Å². The van der Waals surface area contributed by atoms with Crippen LogP contribution in [0.4, 0.5) is 33.7 Å². The SMILES string of the molecule is Cc1cc(-c2ccc(NC(=O)Nc3cc(C(F)(F)F)ccc3F)cc2)c2cnn(C)c2n1. The van der Waals surface area contributed by atoms with E-state index < -0.39 is 29.3 Å². The Bertz CT molecular complexity index is 1310. The predicted molar refractivity (Wildman–Crippen MR) is 113 cm³/mol. The summed E-state index contributed by atoms with van der Waals surface area (Å²) >= 11 is 0. The number of carbonyl (C=O) groups excluding carboxylic acids is 1. The lowest BCUT2D eigenvalue weighted by atomic mass is 10.0. The second-order valence-electron chi connectivity index (χ2n) is 7.17. The van der Waals surface area contributed by atoms with E-state index in [0.717, 1.165) is 27.9 Å². The van der Waals surface area contributed by atoms with Gasteiger partial charge in [0, 0.05) is 23.8 Å². The first kappa shape index (κ1) is 21.3. The molecule has 0 spiro atoms. The van der Waals surface area contributed by atoms with Crippen LogP contribution in [0.25, 0.3) is 22.2 Å². The fraction of sp³-hybridized carbons (Fsp3) is 0.136. The standard InChI is InChI=1S/C22H17F4N5O/c1-12-9-16(17-11-27-31(2)20(17)28-12)13-3-6-15(7-4-13)29-21(32)30-19-10-14(22(24,25)26)5-8-18(19)23/h3-11H,1-2H3,(H2,29,30,32). The van der Waals surface area contributed by atoms with Gasteiger partial charge >= 0.3 is 12.2 Å². The Kier molecular flexibility index (Phi) is 5.29. The molecule has 0 unspecified atom stereocenters. The van der Waals surface area contributed by atoms with Crippen LogP contribution in [0.1, 0.15) is 11.3 Å². The predicted octanol–water partition coefficient (Wildman–Crippen LogP) is 5.75. The Morgan fingerprint density at radius 1 is 1.03 bits per heavy atom. The second kappa shape index (κ2) is 7.95. The number of amides is 2. The molecule has 32 heavy (non-hydrogen) atoms. The lowest BCUT2D eigenvalue weighted by Gasteiger charge is -2.12. The Hall–Kier alpha value is -3.95. The summed E-state index contributed by atoms with van der Waals surface area (Å²) in [4.78, 5) is 16.7. The number of hydrogen-bond donors (Lipinski definition) is 2. The molecule has 0 saturated heterocycles. The van der Waals surface area contributed by atoms with Gasteiger partial charge in [-0.1, -0.05) is 12.1 Å². The summed E-state index contributed by atoms with van der Waals surface area (Å²) in [5.41, 5.74) is 2.09. The fourth-order valence-corrected chi connectivity index (χ4v) is 3.29. The zero-order valence-corrected chi connectivity index (χ0v) is 17.0. The van der Waals surface area contributed by atoms with Gasteiger partial charge in [-0.15, -0.1) is 0 Å². The third-order valence-electron chi connectivity index (χ3n) is 4.83. The van der Waals surface area contributed by atoms with Crippen molar-refractivity contribution in [2.75, 3.05) is 10.6 Å². The molecule has 0 atom stereocenters. The highest BCUT2D eigenvalue weighted by molar-refractivity contribution is 6.00. The fourth-order valence-electron chi connectivity index (χ4n) is 3.29. The van der Waals surface area contributed by atoms with E-state index in [1.54, 1.807) is 42.2 Å². The molecule has 0 aliphatic heterocycles. The summed E-state index contributed by atoms with van der Waals surface area (Å²) in [6, 6.07) is 9.69. The number of benzene rings is 2. The van der Waals surface area contributed by atoms with Crippen molar-refractivity contribution in [2.45, 2.75) is 13.1 Å². The Morgan fingerprint density at radius 2 is 1.75 bits per heavy atom. The van der Waals surface area contributed by atoms with Crippen LogP contribution in [0.3, 0.4) is 0 Å². The third kappa shape index (κ3) is 4.25. The average Bonchev–Trinajstić information content (AvgIpc) is 3.09. The minimum Gasteiger partial charge on any atom is -0.308 e. The van der Waals surface area contributed by atoms with E-state index in [-0.39, 0.29) is 0 Å². The second-order valence-corrected chi connectivity index (χ2v) is 7.17. The van der Waals surface area contributed by atoms with Gasteiger partial charge in [0.1, 0.15) is 5.82 Å². The summed E-state index contributed by atoms with van der Waals surface area (Å²) in [6.45, 7) is 1.88. The van der Waals surface area contributed by atoms with Crippen LogP contribution in [0.5, 0.6) is 0 Å². The van der Waals surface area contributed by atoms with Gasteiger partial charge in [-0.3, -0.25) is 4.68 Å². The van der Waals surface area contributed by atoms with Crippen molar-refractivity contribution >= 4 is 28.4 Å². The molecular formula is C22H17F4N5O. The molecule has 6 nitrogen and oxygen atoms in total. The Morgan fingerprint density at radius 3 is 2.44 bits per heavy atom. The number of carbonyl (C=O) groups is 1. The van der Waals surface area contributed by atoms with Crippen molar-refractivity contribution in [3.8, 4) is 11.1 Å². The largest absolute Gasteiger partial charge is 0.416 e. The number of anilines is 2. The van der Waals surface area contributed by atoms with Crippen LogP contribution >= 0.6 is 0 Å². The third-order valence-corrected chi connectivity index (χ3v) is 4.83. The summed E-state index contributed by atoms with van der Waals surface area (Å²) < 4.78 is 54.0. The highest BCUT2D eigenvalue weighted by atomic mass is 19.4. The topological polar surface area (TPSA) is 71.8 Å². The normalized spacial score (nSPS) is 11.6. The van der Waals surface area contributed by atoms with Gasteiger partial charge < -0.3 is 10.6 Å². The zero-order chi connectivity index (χ0) is 23.0. The molecule has 0 bridgehead atoms. The first-order valence-corrected chi connectivity index (χ1v) is 9.46. The number of alkyl halides is 3. The van der Waals surface area contributed by atoms with E-state index in [1.807, 2.05) is 13.0 Å². The Balaban J connectivity index is 1.52. The number of fused-ring (bicyclic) bond motifs is 1. The summed E-state index contributed by atoms with van der Waals surface area (Å²) in [6.07, 6.45) is -2.93. The summed E-state index contributed by atoms with van der Waals surface area (Å²) in [5.74, 6) is -0.975. The smallest absolute Gasteiger partial charge is 0.308 e. The molecule has 4 rings (SSSR count). The van der Waals surface area contributed by atoms with Crippen LogP contribution in [0, 0.1) is 12.7 Å². The van der Waals surface area contributed by atoms with Crippen LogP contribution in [-0.4, -0.2) is 20.8 Å². The molecule has 0 aliphatic carbocycles. The Labute approximate surface area is 179 Å². The zero-order valence-electron chi connectivity index (χ0n) is 17.0. The molecule has 164 valence electrons. The molecule has 0 fully saturated rings. The van der Waals surface area contributed by atoms with Gasteiger partial charge in [0.25, 0.3) is 0 Å². The summed E-state index contributed by atoms with van der Waals surface area (Å²) in [7, 11) is 1.80. The summed E-state index contributed by atoms with van der Waals surface area (Å²) in [5, 5.41) is 9.70. The van der Waals surface area contributed by atoms with Gasteiger partial charge in [0.05, 0.1) is 17.4 Å². The number of aryl methyl sites for hydroxylation is 2. The van der Waals surface area contributed by atoms with E-state index in [9.17, 15) is 22.4 Å². The number of rotatable bonds is 3. The number of halogens is 4. The van der Waals surface area contributed by atoms with Crippen LogP contribution in [0.2, 0.25) is 0 Å². The van der Waals surface area contributed by atoms with E-state index in [0.29, 0.717) is 23.9 Å². The minimum absolute atomic E-state index is 0.381. The molecule has 2 N–H and O–H groups in total. The van der Waals surface area contributed by atoms with Crippen molar-refractivity contribution in [3.05, 3.63) is 71.8 Å². The number of nitrogens with one attached hydrogen (secondary N) is 2. The van der Waals surface area contributed by atoms with Crippen LogP contribution in [0.15, 0.2) is 54.7 Å². The molecule has 2 aromatic heterocycles. The maximum Gasteiger partial charge on any atom is 0.416 e. The van der Waals surface area contributed by atoms with E-state index in [2.05, 4.69) is 20.7 Å². The van der Waals surface area contributed by atoms with Gasteiger partial charge in [0.2, 0.25) is 0 Å². The van der Waals surface area contributed by atoms with Crippen molar-refractivity contribution in [3.63, 3.8) is 0 Å². The number of aromatic nitrogens is 3. The first-order valence-electron chi connectivity index (χ1n) is 9.46. The number of hydrogen-bond acceptors (Lipinski definition) is 3. The monoisotopic (exact) mass is 443 g/mol. The van der Waals surface area contributed by atoms with E-state index in [4.69, 9.17) is 0 Å². The minimum atomic E-state index is -4.65. The molecule has 10 heteroatoms. The van der Waals surface area contributed by atoms with Crippen LogP contribution in [-0.2, 0) is 13.2 Å². The number of urea groups is 1. The van der Waals surface area contributed by atoms with Gasteiger partial charge in [-0.2, -0.15) is 18.3 Å². The molecular weight excluding hydrogens is 426 g/mol. The molecule has 4 aromatic rings. The molecule has 0 radical (unpaired) electrons. The first-order chi connectivity index (χ1) is 15.1. The highest BCUT2D eigenvalue weighted by Crippen LogP contribution is 2.32.